The lowest BCUT2D eigenvalue weighted by Gasteiger charge is -2.07. The van der Waals surface area contributed by atoms with Crippen LogP contribution in [-0.2, 0) is 4.79 Å². The van der Waals surface area contributed by atoms with E-state index in [0.29, 0.717) is 11.3 Å². The first-order chi connectivity index (χ1) is 8.47. The van der Waals surface area contributed by atoms with Crippen molar-refractivity contribution in [2.24, 2.45) is 5.73 Å². The molecule has 0 aliphatic rings. The van der Waals surface area contributed by atoms with Crippen LogP contribution in [0.25, 0.3) is 11.0 Å². The van der Waals surface area contributed by atoms with Gasteiger partial charge in [0.25, 0.3) is 5.91 Å². The average Bonchev–Trinajstić information content (AvgIpc) is 2.71. The van der Waals surface area contributed by atoms with Gasteiger partial charge in [-0.15, -0.1) is 0 Å². The normalized spacial score (nSPS) is 12.3. The van der Waals surface area contributed by atoms with Crippen molar-refractivity contribution in [3.63, 3.8) is 0 Å². The van der Waals surface area contributed by atoms with Crippen LogP contribution in [0.1, 0.15) is 17.5 Å². The number of nitrogens with one attached hydrogen (secondary N) is 1. The molecule has 2 aromatic rings. The van der Waals surface area contributed by atoms with Crippen LogP contribution in [0.4, 0.5) is 5.69 Å². The predicted molar refractivity (Wildman–Crippen MR) is 66.7 cm³/mol. The highest BCUT2D eigenvalue weighted by atomic mass is 16.3. The highest BCUT2D eigenvalue weighted by molar-refractivity contribution is 5.98. The second-order valence-electron chi connectivity index (χ2n) is 4.01. The van der Waals surface area contributed by atoms with Crippen molar-refractivity contribution in [3.8, 4) is 0 Å². The van der Waals surface area contributed by atoms with Gasteiger partial charge >= 0.3 is 0 Å². The van der Waals surface area contributed by atoms with Crippen LogP contribution in [0.15, 0.2) is 28.7 Å². The first kappa shape index (κ1) is 12.0. The molecule has 2 rings (SSSR count). The van der Waals surface area contributed by atoms with E-state index in [1.54, 1.807) is 24.3 Å². The number of fused-ring (bicyclic) bond motifs is 1. The lowest BCUT2D eigenvalue weighted by atomic mass is 10.2. The Morgan fingerprint density at radius 1 is 1.33 bits per heavy atom. The quantitative estimate of drug-likeness (QED) is 0.690. The van der Waals surface area contributed by atoms with E-state index in [4.69, 9.17) is 15.9 Å². The fourth-order valence-corrected chi connectivity index (χ4v) is 1.51. The third-order valence-corrected chi connectivity index (χ3v) is 2.54. The molecule has 0 radical (unpaired) electrons. The standard InChI is InChI=1S/C12H13N3O3/c1-6(11(14)16)15-12(17)10-5-7-4-8(13)2-3-9(7)18-10/h2-6H,13H2,1H3,(H2,14,16)(H,15,17). The molecule has 18 heavy (non-hydrogen) atoms. The van der Waals surface area contributed by atoms with Crippen LogP contribution in [0.5, 0.6) is 0 Å². The molecule has 0 aliphatic heterocycles. The highest BCUT2D eigenvalue weighted by Crippen LogP contribution is 2.21. The van der Waals surface area contributed by atoms with Gasteiger partial charge in [0.2, 0.25) is 5.91 Å². The molecule has 1 atom stereocenters. The van der Waals surface area contributed by atoms with Gasteiger partial charge in [0.1, 0.15) is 11.6 Å². The molecular formula is C12H13N3O3. The molecule has 1 aromatic carbocycles. The van der Waals surface area contributed by atoms with Gasteiger partial charge in [0.15, 0.2) is 5.76 Å². The summed E-state index contributed by atoms with van der Waals surface area (Å²) in [6.45, 7) is 1.50. The molecule has 6 heteroatoms. The van der Waals surface area contributed by atoms with Gasteiger partial charge in [0.05, 0.1) is 0 Å². The van der Waals surface area contributed by atoms with Crippen LogP contribution >= 0.6 is 0 Å². The van der Waals surface area contributed by atoms with E-state index < -0.39 is 17.9 Å². The van der Waals surface area contributed by atoms with Gasteiger partial charge in [-0.25, -0.2) is 0 Å². The summed E-state index contributed by atoms with van der Waals surface area (Å²) in [6, 6.07) is 5.87. The van der Waals surface area contributed by atoms with Crippen molar-refractivity contribution in [2.45, 2.75) is 13.0 Å². The number of nitrogen functional groups attached to an aromatic ring is 1. The molecule has 1 unspecified atom stereocenters. The lowest BCUT2D eigenvalue weighted by molar-refractivity contribution is -0.119. The Morgan fingerprint density at radius 3 is 2.72 bits per heavy atom. The number of carbonyl (C=O) groups excluding carboxylic acids is 2. The predicted octanol–water partition coefficient (Wildman–Crippen LogP) is 0.619. The zero-order chi connectivity index (χ0) is 13.3. The Balaban J connectivity index is 2.26. The second kappa shape index (κ2) is 4.40. The third-order valence-electron chi connectivity index (χ3n) is 2.54. The number of primary amides is 1. The number of rotatable bonds is 3. The van der Waals surface area contributed by atoms with Gasteiger partial charge < -0.3 is 21.2 Å². The van der Waals surface area contributed by atoms with Crippen molar-refractivity contribution in [1.82, 2.24) is 5.32 Å². The SMILES string of the molecule is CC(NC(=O)c1cc2cc(N)ccc2o1)C(N)=O. The van der Waals surface area contributed by atoms with Gasteiger partial charge in [-0.05, 0) is 31.2 Å². The summed E-state index contributed by atoms with van der Waals surface area (Å²) in [4.78, 5) is 22.6. The average molecular weight is 247 g/mol. The summed E-state index contributed by atoms with van der Waals surface area (Å²) < 4.78 is 5.35. The van der Waals surface area contributed by atoms with E-state index in [1.165, 1.54) is 6.92 Å². The van der Waals surface area contributed by atoms with Crippen molar-refractivity contribution in [1.29, 1.82) is 0 Å². The second-order valence-corrected chi connectivity index (χ2v) is 4.01. The van der Waals surface area contributed by atoms with Crippen LogP contribution in [-0.4, -0.2) is 17.9 Å². The maximum absolute atomic E-state index is 11.8. The van der Waals surface area contributed by atoms with Gasteiger partial charge in [0, 0.05) is 11.1 Å². The summed E-state index contributed by atoms with van der Waals surface area (Å²) in [5.74, 6) is -0.983. The number of furan rings is 1. The van der Waals surface area contributed by atoms with E-state index >= 15 is 0 Å². The number of hydrogen-bond donors (Lipinski definition) is 3. The molecule has 0 fully saturated rings. The Kier molecular flexibility index (Phi) is 2.93. The Labute approximate surface area is 103 Å². The topological polar surface area (TPSA) is 111 Å². The van der Waals surface area contributed by atoms with Gasteiger partial charge in [-0.2, -0.15) is 0 Å². The number of benzene rings is 1. The molecule has 1 aromatic heterocycles. The van der Waals surface area contributed by atoms with E-state index in [9.17, 15) is 9.59 Å². The highest BCUT2D eigenvalue weighted by Gasteiger charge is 2.17. The van der Waals surface area contributed by atoms with Crippen molar-refractivity contribution in [2.75, 3.05) is 5.73 Å². The first-order valence-electron chi connectivity index (χ1n) is 5.36. The van der Waals surface area contributed by atoms with Crippen LogP contribution in [0.2, 0.25) is 0 Å². The van der Waals surface area contributed by atoms with Crippen molar-refractivity contribution >= 4 is 28.5 Å². The Morgan fingerprint density at radius 2 is 2.06 bits per heavy atom. The fraction of sp³-hybridized carbons (Fsp3) is 0.167. The van der Waals surface area contributed by atoms with Crippen LogP contribution in [0, 0.1) is 0 Å². The molecule has 94 valence electrons. The molecule has 0 saturated heterocycles. The van der Waals surface area contributed by atoms with Crippen LogP contribution < -0.4 is 16.8 Å². The number of hydrogen-bond acceptors (Lipinski definition) is 4. The third kappa shape index (κ3) is 2.27. The van der Waals surface area contributed by atoms with E-state index in [0.717, 1.165) is 5.39 Å². The van der Waals surface area contributed by atoms with Gasteiger partial charge in [-0.3, -0.25) is 9.59 Å². The summed E-state index contributed by atoms with van der Waals surface area (Å²) >= 11 is 0. The smallest absolute Gasteiger partial charge is 0.287 e. The van der Waals surface area contributed by atoms with E-state index in [-0.39, 0.29) is 5.76 Å². The minimum atomic E-state index is -0.754. The molecular weight excluding hydrogens is 234 g/mol. The number of amides is 2. The summed E-state index contributed by atoms with van der Waals surface area (Å²) in [7, 11) is 0. The minimum absolute atomic E-state index is 0.115. The maximum atomic E-state index is 11.8. The van der Waals surface area contributed by atoms with E-state index in [2.05, 4.69) is 5.32 Å². The Hall–Kier alpha value is -2.50. The molecule has 5 N–H and O–H groups in total. The fourth-order valence-electron chi connectivity index (χ4n) is 1.51. The van der Waals surface area contributed by atoms with E-state index in [1.807, 2.05) is 0 Å². The minimum Gasteiger partial charge on any atom is -0.451 e. The van der Waals surface area contributed by atoms with Gasteiger partial charge in [-0.1, -0.05) is 0 Å². The molecule has 1 heterocycles. The Bertz CT molecular complexity index is 618. The molecule has 0 saturated carbocycles. The zero-order valence-electron chi connectivity index (χ0n) is 9.77. The number of anilines is 1. The van der Waals surface area contributed by atoms with Crippen molar-refractivity contribution in [3.05, 3.63) is 30.0 Å². The summed E-state index contributed by atoms with van der Waals surface area (Å²) in [6.07, 6.45) is 0. The molecule has 2 amide bonds. The summed E-state index contributed by atoms with van der Waals surface area (Å²) in [5, 5.41) is 3.16. The summed E-state index contributed by atoms with van der Waals surface area (Å²) in [5.41, 5.74) is 11.8. The molecule has 0 aliphatic carbocycles. The molecule has 6 nitrogen and oxygen atoms in total. The largest absolute Gasteiger partial charge is 0.451 e. The maximum Gasteiger partial charge on any atom is 0.287 e. The zero-order valence-corrected chi connectivity index (χ0v) is 9.77. The van der Waals surface area contributed by atoms with Crippen molar-refractivity contribution < 1.29 is 14.0 Å². The molecule has 0 spiro atoms. The lowest BCUT2D eigenvalue weighted by Crippen LogP contribution is -2.42. The van der Waals surface area contributed by atoms with Crippen LogP contribution in [0.3, 0.4) is 0 Å². The number of carbonyl (C=O) groups is 2. The first-order valence-corrected chi connectivity index (χ1v) is 5.36. The monoisotopic (exact) mass is 247 g/mol. The number of nitrogens with two attached hydrogens (primary N) is 2. The molecule has 0 bridgehead atoms.